The number of benzene rings is 1. The van der Waals surface area contributed by atoms with Gasteiger partial charge < -0.3 is 15.5 Å². The van der Waals surface area contributed by atoms with Gasteiger partial charge in [-0.2, -0.15) is 5.26 Å². The number of H-pyrrole nitrogens is 2. The van der Waals surface area contributed by atoms with Crippen LogP contribution in [0.5, 0.6) is 5.88 Å². The van der Waals surface area contributed by atoms with Crippen LogP contribution in [0.1, 0.15) is 17.0 Å². The molecule has 3 rings (SSSR count). The standard InChI is InChI=1S/C14H10N4O2S/c15-6-8-9(7-4-2-1-3-5-7)10-12(19)17-14(21)18-13(10)20-11(8)16/h1-5,9H,16H2,(H2,17,18,19,21). The Morgan fingerprint density at radius 1 is 1.29 bits per heavy atom. The zero-order chi connectivity index (χ0) is 15.0. The number of nitrogens with one attached hydrogen (secondary N) is 2. The summed E-state index contributed by atoms with van der Waals surface area (Å²) in [5.41, 5.74) is 6.67. The van der Waals surface area contributed by atoms with Gasteiger partial charge in [0.2, 0.25) is 11.8 Å². The molecule has 1 aliphatic heterocycles. The monoisotopic (exact) mass is 298 g/mol. The third kappa shape index (κ3) is 2.11. The van der Waals surface area contributed by atoms with Gasteiger partial charge in [-0.15, -0.1) is 0 Å². The van der Waals surface area contributed by atoms with Gasteiger partial charge in [0.15, 0.2) is 4.77 Å². The van der Waals surface area contributed by atoms with E-state index in [-0.39, 0.29) is 22.1 Å². The van der Waals surface area contributed by atoms with E-state index in [1.165, 1.54) is 0 Å². The van der Waals surface area contributed by atoms with Crippen molar-refractivity contribution in [1.82, 2.24) is 9.97 Å². The van der Waals surface area contributed by atoms with E-state index in [1.54, 1.807) is 0 Å². The van der Waals surface area contributed by atoms with Crippen molar-refractivity contribution >= 4 is 12.2 Å². The number of aromatic nitrogens is 2. The van der Waals surface area contributed by atoms with Crippen LogP contribution in [0, 0.1) is 16.1 Å². The molecule has 1 unspecified atom stereocenters. The lowest BCUT2D eigenvalue weighted by atomic mass is 9.85. The highest BCUT2D eigenvalue weighted by molar-refractivity contribution is 7.71. The Morgan fingerprint density at radius 3 is 2.67 bits per heavy atom. The Labute approximate surface area is 124 Å². The number of fused-ring (bicyclic) bond motifs is 1. The van der Waals surface area contributed by atoms with E-state index in [4.69, 9.17) is 22.7 Å². The predicted molar refractivity (Wildman–Crippen MR) is 78.0 cm³/mol. The molecule has 7 heteroatoms. The molecule has 0 radical (unpaired) electrons. The number of ether oxygens (including phenoxy) is 1. The van der Waals surface area contributed by atoms with Gasteiger partial charge in [-0.1, -0.05) is 30.3 Å². The molecule has 21 heavy (non-hydrogen) atoms. The summed E-state index contributed by atoms with van der Waals surface area (Å²) in [7, 11) is 0. The van der Waals surface area contributed by atoms with Crippen molar-refractivity contribution in [2.24, 2.45) is 5.73 Å². The largest absolute Gasteiger partial charge is 0.424 e. The molecule has 6 nitrogen and oxygen atoms in total. The highest BCUT2D eigenvalue weighted by Gasteiger charge is 2.33. The molecule has 0 aliphatic carbocycles. The second kappa shape index (κ2) is 4.92. The Hall–Kier alpha value is -2.85. The lowest BCUT2D eigenvalue weighted by Crippen LogP contribution is -2.28. The van der Waals surface area contributed by atoms with E-state index in [1.807, 2.05) is 36.4 Å². The summed E-state index contributed by atoms with van der Waals surface area (Å²) in [6, 6.07) is 11.2. The molecule has 1 aromatic heterocycles. The fraction of sp³-hybridized carbons (Fsp3) is 0.0714. The van der Waals surface area contributed by atoms with Gasteiger partial charge in [0.25, 0.3) is 5.56 Å². The molecular weight excluding hydrogens is 288 g/mol. The third-order valence-corrected chi connectivity index (χ3v) is 3.46. The van der Waals surface area contributed by atoms with E-state index in [9.17, 15) is 10.1 Å². The normalized spacial score (nSPS) is 16.8. The molecule has 0 amide bonds. The Bertz CT molecular complexity index is 890. The van der Waals surface area contributed by atoms with Crippen molar-refractivity contribution < 1.29 is 4.74 Å². The van der Waals surface area contributed by atoms with Crippen molar-refractivity contribution in [2.45, 2.75) is 5.92 Å². The van der Waals surface area contributed by atoms with Crippen LogP contribution in [0.4, 0.5) is 0 Å². The van der Waals surface area contributed by atoms with Crippen LogP contribution in [0.25, 0.3) is 0 Å². The molecule has 2 heterocycles. The predicted octanol–water partition coefficient (Wildman–Crippen LogP) is 1.65. The second-order valence-electron chi connectivity index (χ2n) is 4.49. The molecule has 4 N–H and O–H groups in total. The molecule has 1 aliphatic rings. The lowest BCUT2D eigenvalue weighted by Gasteiger charge is -2.24. The zero-order valence-electron chi connectivity index (χ0n) is 10.7. The molecule has 1 aromatic carbocycles. The number of hydrogen-bond acceptors (Lipinski definition) is 5. The molecule has 0 spiro atoms. The van der Waals surface area contributed by atoms with Crippen LogP contribution in [0.2, 0.25) is 0 Å². The first-order valence-corrected chi connectivity index (χ1v) is 6.51. The number of hydrogen-bond donors (Lipinski definition) is 3. The Balaban J connectivity index is 2.34. The smallest absolute Gasteiger partial charge is 0.259 e. The van der Waals surface area contributed by atoms with Gasteiger partial charge >= 0.3 is 0 Å². The van der Waals surface area contributed by atoms with Crippen LogP contribution in [0.15, 0.2) is 46.6 Å². The molecule has 0 fully saturated rings. The van der Waals surface area contributed by atoms with E-state index in [2.05, 4.69) is 9.97 Å². The molecule has 104 valence electrons. The van der Waals surface area contributed by atoms with Crippen molar-refractivity contribution in [1.29, 1.82) is 5.26 Å². The summed E-state index contributed by atoms with van der Waals surface area (Å²) in [6.45, 7) is 0. The van der Waals surface area contributed by atoms with E-state index < -0.39 is 11.5 Å². The van der Waals surface area contributed by atoms with Crippen LogP contribution >= 0.6 is 12.2 Å². The van der Waals surface area contributed by atoms with E-state index in [0.717, 1.165) is 5.56 Å². The average molecular weight is 298 g/mol. The summed E-state index contributed by atoms with van der Waals surface area (Å²) in [5.74, 6) is -0.445. The number of nitriles is 1. The zero-order valence-corrected chi connectivity index (χ0v) is 11.5. The van der Waals surface area contributed by atoms with Gasteiger partial charge in [0.1, 0.15) is 11.6 Å². The van der Waals surface area contributed by atoms with Gasteiger partial charge in [-0.05, 0) is 17.8 Å². The van der Waals surface area contributed by atoms with Crippen molar-refractivity contribution in [3.05, 3.63) is 68.0 Å². The van der Waals surface area contributed by atoms with Crippen molar-refractivity contribution in [3.63, 3.8) is 0 Å². The van der Waals surface area contributed by atoms with Crippen LogP contribution in [-0.2, 0) is 0 Å². The summed E-state index contributed by atoms with van der Waals surface area (Å²) < 4.78 is 5.48. The number of aromatic amines is 2. The summed E-state index contributed by atoms with van der Waals surface area (Å²) in [6.07, 6.45) is 0. The third-order valence-electron chi connectivity index (χ3n) is 3.25. The maximum Gasteiger partial charge on any atom is 0.259 e. The van der Waals surface area contributed by atoms with Crippen LogP contribution in [-0.4, -0.2) is 9.97 Å². The average Bonchev–Trinajstić information content (AvgIpc) is 2.46. The number of nitrogens with two attached hydrogens (primary N) is 1. The highest BCUT2D eigenvalue weighted by Crippen LogP contribution is 2.38. The molecule has 0 saturated carbocycles. The summed E-state index contributed by atoms with van der Waals surface area (Å²) in [4.78, 5) is 17.5. The summed E-state index contributed by atoms with van der Waals surface area (Å²) >= 11 is 4.92. The quantitative estimate of drug-likeness (QED) is 0.694. The van der Waals surface area contributed by atoms with E-state index in [0.29, 0.717) is 5.56 Å². The summed E-state index contributed by atoms with van der Waals surface area (Å²) in [5, 5.41) is 9.35. The van der Waals surface area contributed by atoms with Crippen molar-refractivity contribution in [2.75, 3.05) is 0 Å². The minimum atomic E-state index is -0.587. The number of allylic oxidation sites excluding steroid dienone is 1. The first kappa shape index (κ1) is 13.1. The van der Waals surface area contributed by atoms with Crippen LogP contribution < -0.4 is 16.0 Å². The van der Waals surface area contributed by atoms with Gasteiger partial charge in [0.05, 0.1) is 11.5 Å². The van der Waals surface area contributed by atoms with Crippen molar-refractivity contribution in [3.8, 4) is 11.9 Å². The Kier molecular flexibility index (Phi) is 3.08. The second-order valence-corrected chi connectivity index (χ2v) is 4.89. The SMILES string of the molecule is N#CC1=C(N)Oc2[nH]c(=S)[nH]c(=O)c2C1c1ccccc1. The molecule has 2 aromatic rings. The number of rotatable bonds is 1. The molecule has 1 atom stereocenters. The Morgan fingerprint density at radius 2 is 2.00 bits per heavy atom. The maximum atomic E-state index is 12.2. The number of nitrogens with zero attached hydrogens (tertiary/aromatic N) is 1. The molecule has 0 saturated heterocycles. The fourth-order valence-electron chi connectivity index (χ4n) is 2.37. The van der Waals surface area contributed by atoms with Crippen LogP contribution in [0.3, 0.4) is 0 Å². The van der Waals surface area contributed by atoms with Gasteiger partial charge in [-0.3, -0.25) is 9.78 Å². The highest BCUT2D eigenvalue weighted by atomic mass is 32.1. The first-order valence-electron chi connectivity index (χ1n) is 6.11. The first-order chi connectivity index (χ1) is 10.1. The lowest BCUT2D eigenvalue weighted by molar-refractivity contribution is 0.374. The van der Waals surface area contributed by atoms with Gasteiger partial charge in [0, 0.05) is 0 Å². The minimum absolute atomic E-state index is 0.0323. The fourth-order valence-corrected chi connectivity index (χ4v) is 2.55. The molecule has 0 bridgehead atoms. The topological polar surface area (TPSA) is 108 Å². The van der Waals surface area contributed by atoms with E-state index >= 15 is 0 Å². The maximum absolute atomic E-state index is 12.2. The van der Waals surface area contributed by atoms with Gasteiger partial charge in [-0.25, -0.2) is 0 Å². The molecular formula is C14H10N4O2S. The minimum Gasteiger partial charge on any atom is -0.424 e.